The predicted molar refractivity (Wildman–Crippen MR) is 71.8 cm³/mol. The summed E-state index contributed by atoms with van der Waals surface area (Å²) in [5.41, 5.74) is 16.6. The molecule has 0 aliphatic heterocycles. The van der Waals surface area contributed by atoms with Crippen molar-refractivity contribution in [1.29, 1.82) is 0 Å². The fraction of sp³-hybridized carbons (Fsp3) is 0.333. The molecule has 0 bridgehead atoms. The molecule has 6 heteroatoms. The lowest BCUT2D eigenvalue weighted by Gasteiger charge is -2.04. The Labute approximate surface area is 106 Å². The average Bonchev–Trinajstić information content (AvgIpc) is 3.11. The van der Waals surface area contributed by atoms with Crippen LogP contribution in [0.3, 0.4) is 0 Å². The molecule has 1 aromatic carbocycles. The largest absolute Gasteiger partial charge is 0.493 e. The van der Waals surface area contributed by atoms with E-state index in [1.165, 1.54) is 12.8 Å². The summed E-state index contributed by atoms with van der Waals surface area (Å²) in [6.07, 6.45) is 2.55. The molecule has 18 heavy (non-hydrogen) atoms. The van der Waals surface area contributed by atoms with Gasteiger partial charge in [0.05, 0.1) is 12.3 Å². The van der Waals surface area contributed by atoms with E-state index >= 15 is 0 Å². The van der Waals surface area contributed by atoms with Crippen LogP contribution >= 0.6 is 0 Å². The fourth-order valence-corrected chi connectivity index (χ4v) is 1.41. The number of hydrogen-bond acceptors (Lipinski definition) is 2. The van der Waals surface area contributed by atoms with Gasteiger partial charge >= 0.3 is 0 Å². The number of aliphatic imine (C=N–C) groups is 2. The van der Waals surface area contributed by atoms with Crippen molar-refractivity contribution in [1.82, 2.24) is 0 Å². The zero-order valence-corrected chi connectivity index (χ0v) is 10.0. The summed E-state index contributed by atoms with van der Waals surface area (Å²) >= 11 is 0. The Bertz CT molecular complexity index is 458. The Hall–Kier alpha value is -2.24. The van der Waals surface area contributed by atoms with E-state index in [1.807, 2.05) is 12.1 Å². The molecule has 1 aliphatic carbocycles. The zero-order valence-electron chi connectivity index (χ0n) is 10.0. The third-order valence-electron chi connectivity index (χ3n) is 2.51. The first-order chi connectivity index (χ1) is 8.63. The molecule has 6 nitrogen and oxygen atoms in total. The summed E-state index contributed by atoms with van der Waals surface area (Å²) in [5.74, 6) is 1.49. The fourth-order valence-electron chi connectivity index (χ4n) is 1.41. The summed E-state index contributed by atoms with van der Waals surface area (Å²) in [7, 11) is 0. The second-order valence-corrected chi connectivity index (χ2v) is 4.25. The third kappa shape index (κ3) is 3.97. The normalized spacial score (nSPS) is 15.2. The minimum atomic E-state index is -0.111. The van der Waals surface area contributed by atoms with Gasteiger partial charge in [0.1, 0.15) is 5.75 Å². The van der Waals surface area contributed by atoms with Gasteiger partial charge in [0.15, 0.2) is 5.96 Å². The monoisotopic (exact) mass is 247 g/mol. The molecule has 1 aromatic rings. The maximum atomic E-state index is 5.61. The molecule has 0 saturated heterocycles. The van der Waals surface area contributed by atoms with Crippen LogP contribution in [0.4, 0.5) is 5.69 Å². The van der Waals surface area contributed by atoms with E-state index in [-0.39, 0.29) is 11.9 Å². The molecule has 1 aliphatic rings. The van der Waals surface area contributed by atoms with E-state index < -0.39 is 0 Å². The molecule has 0 aromatic heterocycles. The standard InChI is InChI=1S/C12H17N5O/c13-11(14)17-12(15)16-9-3-5-10(6-4-9)18-7-8-1-2-8/h3-6,8H,1-2,7H2,(H6,13,14,15,16,17). The van der Waals surface area contributed by atoms with Gasteiger partial charge in [0, 0.05) is 0 Å². The Kier molecular flexibility index (Phi) is 3.66. The molecule has 1 saturated carbocycles. The summed E-state index contributed by atoms with van der Waals surface area (Å²) < 4.78 is 5.61. The Morgan fingerprint density at radius 3 is 2.39 bits per heavy atom. The molecule has 1 fully saturated rings. The van der Waals surface area contributed by atoms with Gasteiger partial charge in [-0.3, -0.25) is 0 Å². The van der Waals surface area contributed by atoms with Gasteiger partial charge in [0.25, 0.3) is 0 Å². The number of guanidine groups is 2. The number of rotatable bonds is 4. The topological polar surface area (TPSA) is 112 Å². The van der Waals surface area contributed by atoms with Crippen molar-refractivity contribution >= 4 is 17.6 Å². The average molecular weight is 247 g/mol. The highest BCUT2D eigenvalue weighted by Gasteiger charge is 2.21. The lowest BCUT2D eigenvalue weighted by atomic mass is 10.3. The van der Waals surface area contributed by atoms with Gasteiger partial charge in [-0.05, 0) is 43.0 Å². The molecular formula is C12H17N5O. The van der Waals surface area contributed by atoms with Crippen LogP contribution in [0.1, 0.15) is 12.8 Å². The smallest absolute Gasteiger partial charge is 0.223 e. The Morgan fingerprint density at radius 2 is 1.83 bits per heavy atom. The Balaban J connectivity index is 1.95. The van der Waals surface area contributed by atoms with Crippen LogP contribution in [0.15, 0.2) is 34.3 Å². The minimum Gasteiger partial charge on any atom is -0.493 e. The zero-order chi connectivity index (χ0) is 13.0. The lowest BCUT2D eigenvalue weighted by molar-refractivity contribution is 0.300. The van der Waals surface area contributed by atoms with Gasteiger partial charge in [-0.25, -0.2) is 4.99 Å². The third-order valence-corrected chi connectivity index (χ3v) is 2.51. The SMILES string of the molecule is NC(N)=NC(N)=Nc1ccc(OCC2CC2)cc1. The second-order valence-electron chi connectivity index (χ2n) is 4.25. The number of benzene rings is 1. The van der Waals surface area contributed by atoms with E-state index in [4.69, 9.17) is 21.9 Å². The number of ether oxygens (including phenoxy) is 1. The van der Waals surface area contributed by atoms with E-state index in [9.17, 15) is 0 Å². The van der Waals surface area contributed by atoms with E-state index in [1.54, 1.807) is 12.1 Å². The van der Waals surface area contributed by atoms with Crippen LogP contribution in [0.5, 0.6) is 5.75 Å². The van der Waals surface area contributed by atoms with Crippen LogP contribution in [-0.2, 0) is 0 Å². The first-order valence-electron chi connectivity index (χ1n) is 5.80. The molecule has 0 amide bonds. The highest BCUT2D eigenvalue weighted by atomic mass is 16.5. The Morgan fingerprint density at radius 1 is 1.17 bits per heavy atom. The van der Waals surface area contributed by atoms with Gasteiger partial charge < -0.3 is 21.9 Å². The van der Waals surface area contributed by atoms with Crippen molar-refractivity contribution < 1.29 is 4.74 Å². The van der Waals surface area contributed by atoms with E-state index in [2.05, 4.69) is 9.98 Å². The molecule has 0 unspecified atom stereocenters. The van der Waals surface area contributed by atoms with E-state index in [0.29, 0.717) is 5.69 Å². The first kappa shape index (κ1) is 12.2. The molecule has 96 valence electrons. The molecule has 0 spiro atoms. The van der Waals surface area contributed by atoms with Crippen molar-refractivity contribution in [3.05, 3.63) is 24.3 Å². The van der Waals surface area contributed by atoms with Crippen LogP contribution in [0, 0.1) is 5.92 Å². The maximum absolute atomic E-state index is 5.61. The van der Waals surface area contributed by atoms with Crippen LogP contribution in [0.25, 0.3) is 0 Å². The summed E-state index contributed by atoms with van der Waals surface area (Å²) in [5, 5.41) is 0. The first-order valence-corrected chi connectivity index (χ1v) is 5.80. The van der Waals surface area contributed by atoms with Crippen LogP contribution in [0.2, 0.25) is 0 Å². The van der Waals surface area contributed by atoms with Gasteiger partial charge in [0.2, 0.25) is 5.96 Å². The summed E-state index contributed by atoms with van der Waals surface area (Å²) in [6.45, 7) is 0.790. The number of nitrogens with zero attached hydrogens (tertiary/aromatic N) is 2. The van der Waals surface area contributed by atoms with Crippen molar-refractivity contribution in [2.24, 2.45) is 33.1 Å². The molecule has 6 N–H and O–H groups in total. The minimum absolute atomic E-state index is 0.0293. The van der Waals surface area contributed by atoms with Gasteiger partial charge in [-0.15, -0.1) is 0 Å². The summed E-state index contributed by atoms with van der Waals surface area (Å²) in [4.78, 5) is 7.67. The molecule has 0 heterocycles. The van der Waals surface area contributed by atoms with Crippen molar-refractivity contribution in [2.75, 3.05) is 6.61 Å². The number of hydrogen-bond donors (Lipinski definition) is 3. The van der Waals surface area contributed by atoms with Crippen molar-refractivity contribution in [3.8, 4) is 5.75 Å². The van der Waals surface area contributed by atoms with Crippen LogP contribution < -0.4 is 21.9 Å². The highest BCUT2D eigenvalue weighted by Crippen LogP contribution is 2.29. The molecule has 0 radical (unpaired) electrons. The summed E-state index contributed by atoms with van der Waals surface area (Å²) in [6, 6.07) is 7.31. The van der Waals surface area contributed by atoms with Crippen molar-refractivity contribution in [3.63, 3.8) is 0 Å². The highest BCUT2D eigenvalue weighted by molar-refractivity contribution is 5.93. The quantitative estimate of drug-likeness (QED) is 0.536. The molecule has 0 atom stereocenters. The lowest BCUT2D eigenvalue weighted by Crippen LogP contribution is -2.26. The second kappa shape index (κ2) is 5.39. The van der Waals surface area contributed by atoms with Gasteiger partial charge in [-0.2, -0.15) is 4.99 Å². The predicted octanol–water partition coefficient (Wildman–Crippen LogP) is 0.695. The van der Waals surface area contributed by atoms with Gasteiger partial charge in [-0.1, -0.05) is 0 Å². The molecular weight excluding hydrogens is 230 g/mol. The van der Waals surface area contributed by atoms with Crippen LogP contribution in [-0.4, -0.2) is 18.5 Å². The molecule has 2 rings (SSSR count). The maximum Gasteiger partial charge on any atom is 0.223 e. The van der Waals surface area contributed by atoms with Crippen molar-refractivity contribution in [2.45, 2.75) is 12.8 Å². The van der Waals surface area contributed by atoms with E-state index in [0.717, 1.165) is 18.3 Å². The number of nitrogens with two attached hydrogens (primary N) is 3.